The zero-order valence-electron chi connectivity index (χ0n) is 7.24. The molecule has 2 N–H and O–H groups in total. The van der Waals surface area contributed by atoms with E-state index < -0.39 is 0 Å². The maximum absolute atomic E-state index is 8.99. The number of aliphatic hydroxyl groups is 1. The van der Waals surface area contributed by atoms with Gasteiger partial charge in [-0.25, -0.2) is 0 Å². The van der Waals surface area contributed by atoms with Crippen molar-refractivity contribution in [1.29, 1.82) is 0 Å². The van der Waals surface area contributed by atoms with E-state index in [0.29, 0.717) is 11.4 Å². The van der Waals surface area contributed by atoms with Crippen molar-refractivity contribution in [2.24, 2.45) is 0 Å². The van der Waals surface area contributed by atoms with Crippen molar-refractivity contribution < 1.29 is 5.11 Å². The highest BCUT2D eigenvalue weighted by Crippen LogP contribution is 2.21. The fraction of sp³-hybridized carbons (Fsp3) is 0.111. The Morgan fingerprint density at radius 1 is 1.21 bits per heavy atom. The van der Waals surface area contributed by atoms with Crippen molar-refractivity contribution in [2.75, 3.05) is 0 Å². The first-order valence-electron chi connectivity index (χ1n) is 4.07. The van der Waals surface area contributed by atoms with Crippen molar-refractivity contribution in [1.82, 2.24) is 15.4 Å². The molecule has 4 nitrogen and oxygen atoms in total. The normalized spacial score (nSPS) is 10.4. The van der Waals surface area contributed by atoms with Crippen LogP contribution in [0.15, 0.2) is 28.7 Å². The van der Waals surface area contributed by atoms with E-state index in [1.807, 2.05) is 24.3 Å². The van der Waals surface area contributed by atoms with Crippen molar-refractivity contribution in [2.45, 2.75) is 6.61 Å². The van der Waals surface area contributed by atoms with Gasteiger partial charge >= 0.3 is 0 Å². The zero-order valence-corrected chi connectivity index (χ0v) is 8.82. The second kappa shape index (κ2) is 3.89. The van der Waals surface area contributed by atoms with E-state index >= 15 is 0 Å². The SMILES string of the molecule is OCc1n[nH]nc1-c1ccc(Br)cc1. The zero-order chi connectivity index (χ0) is 9.97. The first-order chi connectivity index (χ1) is 6.81. The molecule has 14 heavy (non-hydrogen) atoms. The molecule has 0 atom stereocenters. The molecule has 2 rings (SSSR count). The van der Waals surface area contributed by atoms with Gasteiger partial charge in [-0.15, -0.1) is 0 Å². The van der Waals surface area contributed by atoms with E-state index in [1.54, 1.807) is 0 Å². The van der Waals surface area contributed by atoms with Crippen molar-refractivity contribution >= 4 is 15.9 Å². The van der Waals surface area contributed by atoms with Crippen molar-refractivity contribution in [3.05, 3.63) is 34.4 Å². The molecule has 72 valence electrons. The number of aromatic amines is 1. The predicted octanol–water partition coefficient (Wildman–Crippen LogP) is 1.73. The highest BCUT2D eigenvalue weighted by molar-refractivity contribution is 9.10. The summed E-state index contributed by atoms with van der Waals surface area (Å²) in [5.74, 6) is 0. The summed E-state index contributed by atoms with van der Waals surface area (Å²) in [4.78, 5) is 0. The van der Waals surface area contributed by atoms with E-state index in [0.717, 1.165) is 10.0 Å². The van der Waals surface area contributed by atoms with Crippen LogP contribution in [0.1, 0.15) is 5.69 Å². The standard InChI is InChI=1S/C9H8BrN3O/c10-7-3-1-6(2-4-7)9-8(5-14)11-13-12-9/h1-4,14H,5H2,(H,11,12,13). The Hall–Kier alpha value is -1.20. The van der Waals surface area contributed by atoms with Crippen LogP contribution in [0.2, 0.25) is 0 Å². The number of nitrogens with one attached hydrogen (secondary N) is 1. The summed E-state index contributed by atoms with van der Waals surface area (Å²) in [5, 5.41) is 19.3. The smallest absolute Gasteiger partial charge is 0.118 e. The molecule has 2 aromatic rings. The third kappa shape index (κ3) is 1.69. The highest BCUT2D eigenvalue weighted by atomic mass is 79.9. The summed E-state index contributed by atoms with van der Waals surface area (Å²) in [6, 6.07) is 7.68. The van der Waals surface area contributed by atoms with E-state index in [4.69, 9.17) is 5.11 Å². The molecule has 0 aliphatic rings. The average Bonchev–Trinajstić information content (AvgIpc) is 2.67. The third-order valence-corrected chi connectivity index (χ3v) is 2.42. The summed E-state index contributed by atoms with van der Waals surface area (Å²) in [7, 11) is 0. The monoisotopic (exact) mass is 253 g/mol. The Balaban J connectivity index is 2.44. The maximum Gasteiger partial charge on any atom is 0.118 e. The molecule has 0 spiro atoms. The third-order valence-electron chi connectivity index (χ3n) is 1.89. The van der Waals surface area contributed by atoms with Gasteiger partial charge in [-0.05, 0) is 12.1 Å². The summed E-state index contributed by atoms with van der Waals surface area (Å²) in [6.45, 7) is -0.109. The number of H-pyrrole nitrogens is 1. The van der Waals surface area contributed by atoms with Crippen LogP contribution in [-0.2, 0) is 6.61 Å². The Kier molecular flexibility index (Phi) is 2.60. The van der Waals surface area contributed by atoms with E-state index in [2.05, 4.69) is 31.3 Å². The lowest BCUT2D eigenvalue weighted by molar-refractivity contribution is 0.277. The van der Waals surface area contributed by atoms with Crippen LogP contribution in [0.3, 0.4) is 0 Å². The van der Waals surface area contributed by atoms with Gasteiger partial charge in [0.15, 0.2) is 0 Å². The topological polar surface area (TPSA) is 61.8 Å². The molecule has 5 heteroatoms. The number of hydrogen-bond acceptors (Lipinski definition) is 3. The van der Waals surface area contributed by atoms with Gasteiger partial charge in [0.05, 0.1) is 6.61 Å². The lowest BCUT2D eigenvalue weighted by Crippen LogP contribution is -1.87. The first kappa shape index (κ1) is 9.36. The van der Waals surface area contributed by atoms with Gasteiger partial charge in [-0.2, -0.15) is 15.4 Å². The molecular weight excluding hydrogens is 246 g/mol. The van der Waals surface area contributed by atoms with Crippen molar-refractivity contribution in [3.63, 3.8) is 0 Å². The number of benzene rings is 1. The Morgan fingerprint density at radius 3 is 2.57 bits per heavy atom. The average molecular weight is 254 g/mol. The molecule has 0 fully saturated rings. The van der Waals surface area contributed by atoms with Crippen LogP contribution >= 0.6 is 15.9 Å². The summed E-state index contributed by atoms with van der Waals surface area (Å²) < 4.78 is 1.01. The van der Waals surface area contributed by atoms with Gasteiger partial charge in [0.2, 0.25) is 0 Å². The van der Waals surface area contributed by atoms with Crippen LogP contribution in [0.5, 0.6) is 0 Å². The Morgan fingerprint density at radius 2 is 1.93 bits per heavy atom. The van der Waals surface area contributed by atoms with Crippen LogP contribution < -0.4 is 0 Å². The Labute approximate surface area is 89.1 Å². The van der Waals surface area contributed by atoms with Gasteiger partial charge in [0.1, 0.15) is 11.4 Å². The summed E-state index contributed by atoms with van der Waals surface area (Å²) >= 11 is 3.35. The van der Waals surface area contributed by atoms with Crippen LogP contribution in [0.4, 0.5) is 0 Å². The van der Waals surface area contributed by atoms with E-state index in [1.165, 1.54) is 0 Å². The van der Waals surface area contributed by atoms with Crippen LogP contribution in [0, 0.1) is 0 Å². The number of hydrogen-bond donors (Lipinski definition) is 2. The van der Waals surface area contributed by atoms with Gasteiger partial charge in [-0.1, -0.05) is 28.1 Å². The van der Waals surface area contributed by atoms with Gasteiger partial charge in [-0.3, -0.25) is 0 Å². The molecule has 0 aliphatic heterocycles. The van der Waals surface area contributed by atoms with E-state index in [9.17, 15) is 0 Å². The molecule has 0 amide bonds. The number of nitrogens with zero attached hydrogens (tertiary/aromatic N) is 2. The van der Waals surface area contributed by atoms with Crippen LogP contribution in [-0.4, -0.2) is 20.5 Å². The van der Waals surface area contributed by atoms with Crippen molar-refractivity contribution in [3.8, 4) is 11.3 Å². The second-order valence-electron chi connectivity index (χ2n) is 2.78. The van der Waals surface area contributed by atoms with Gasteiger partial charge < -0.3 is 5.11 Å². The molecule has 0 saturated heterocycles. The summed E-state index contributed by atoms with van der Waals surface area (Å²) in [5.41, 5.74) is 2.19. The molecule has 0 saturated carbocycles. The maximum atomic E-state index is 8.99. The van der Waals surface area contributed by atoms with Gasteiger partial charge in [0.25, 0.3) is 0 Å². The highest BCUT2D eigenvalue weighted by Gasteiger charge is 2.08. The second-order valence-corrected chi connectivity index (χ2v) is 3.70. The molecule has 0 radical (unpaired) electrons. The fourth-order valence-electron chi connectivity index (χ4n) is 1.20. The molecule has 1 heterocycles. The molecule has 1 aromatic heterocycles. The number of halogens is 1. The number of aromatic nitrogens is 3. The molecule has 1 aromatic carbocycles. The minimum absolute atomic E-state index is 0.109. The molecule has 0 unspecified atom stereocenters. The summed E-state index contributed by atoms with van der Waals surface area (Å²) in [6.07, 6.45) is 0. The molecule has 0 bridgehead atoms. The van der Waals surface area contributed by atoms with Crippen LogP contribution in [0.25, 0.3) is 11.3 Å². The fourth-order valence-corrected chi connectivity index (χ4v) is 1.47. The minimum Gasteiger partial charge on any atom is -0.390 e. The lowest BCUT2D eigenvalue weighted by atomic mass is 10.1. The largest absolute Gasteiger partial charge is 0.390 e. The minimum atomic E-state index is -0.109. The van der Waals surface area contributed by atoms with E-state index in [-0.39, 0.29) is 6.61 Å². The number of rotatable bonds is 2. The lowest BCUT2D eigenvalue weighted by Gasteiger charge is -1.97. The quantitative estimate of drug-likeness (QED) is 0.857. The molecule has 0 aliphatic carbocycles. The predicted molar refractivity (Wildman–Crippen MR) is 55.4 cm³/mol. The molecular formula is C9H8BrN3O. The number of aliphatic hydroxyl groups excluding tert-OH is 1. The van der Waals surface area contributed by atoms with Gasteiger partial charge in [0, 0.05) is 10.0 Å². The first-order valence-corrected chi connectivity index (χ1v) is 4.87. The Bertz CT molecular complexity index is 424.